The Balaban J connectivity index is 1.52. The summed E-state index contributed by atoms with van der Waals surface area (Å²) in [6.45, 7) is 0.663. The van der Waals surface area contributed by atoms with Gasteiger partial charge in [0, 0.05) is 31.4 Å². The first kappa shape index (κ1) is 14.8. The van der Waals surface area contributed by atoms with E-state index in [0.29, 0.717) is 12.1 Å². The molecule has 0 saturated heterocycles. The van der Waals surface area contributed by atoms with Crippen molar-refractivity contribution in [3.8, 4) is 5.82 Å². The SMILES string of the molecule is Cn1ncc(C(=O)NCC2(c3ccccc3)CC2)c1-n1cccc1. The summed E-state index contributed by atoms with van der Waals surface area (Å²) in [6, 6.07) is 14.3. The summed E-state index contributed by atoms with van der Waals surface area (Å²) in [4.78, 5) is 12.7. The zero-order chi connectivity index (χ0) is 16.6. The maximum Gasteiger partial charge on any atom is 0.256 e. The molecule has 4 rings (SSSR count). The van der Waals surface area contributed by atoms with Crippen LogP contribution < -0.4 is 5.32 Å². The van der Waals surface area contributed by atoms with Gasteiger partial charge in [-0.25, -0.2) is 0 Å². The number of amides is 1. The summed E-state index contributed by atoms with van der Waals surface area (Å²) in [5, 5.41) is 7.36. The number of nitrogens with zero attached hydrogens (tertiary/aromatic N) is 3. The van der Waals surface area contributed by atoms with Gasteiger partial charge in [0.2, 0.25) is 0 Å². The van der Waals surface area contributed by atoms with Crippen molar-refractivity contribution in [2.45, 2.75) is 18.3 Å². The van der Waals surface area contributed by atoms with Crippen molar-refractivity contribution in [3.05, 3.63) is 72.2 Å². The van der Waals surface area contributed by atoms with E-state index in [4.69, 9.17) is 0 Å². The average molecular weight is 320 g/mol. The first-order valence-electron chi connectivity index (χ1n) is 8.19. The van der Waals surface area contributed by atoms with E-state index < -0.39 is 0 Å². The van der Waals surface area contributed by atoms with E-state index in [1.807, 2.05) is 42.2 Å². The maximum atomic E-state index is 12.7. The molecule has 1 N–H and O–H groups in total. The van der Waals surface area contributed by atoms with E-state index in [9.17, 15) is 4.79 Å². The van der Waals surface area contributed by atoms with Crippen molar-refractivity contribution in [1.29, 1.82) is 0 Å². The molecule has 1 saturated carbocycles. The molecule has 0 spiro atoms. The molecule has 5 nitrogen and oxygen atoms in total. The van der Waals surface area contributed by atoms with E-state index in [0.717, 1.165) is 18.7 Å². The molecule has 1 aliphatic rings. The predicted octanol–water partition coefficient (Wildman–Crippen LogP) is 2.67. The van der Waals surface area contributed by atoms with Crippen LogP contribution in [0.2, 0.25) is 0 Å². The topological polar surface area (TPSA) is 51.9 Å². The Morgan fingerprint density at radius 3 is 2.54 bits per heavy atom. The predicted molar refractivity (Wildman–Crippen MR) is 92.2 cm³/mol. The lowest BCUT2D eigenvalue weighted by Gasteiger charge is -2.16. The van der Waals surface area contributed by atoms with Gasteiger partial charge < -0.3 is 9.88 Å². The molecule has 0 radical (unpaired) electrons. The number of aromatic nitrogens is 3. The van der Waals surface area contributed by atoms with Crippen molar-refractivity contribution >= 4 is 5.91 Å². The van der Waals surface area contributed by atoms with E-state index >= 15 is 0 Å². The van der Waals surface area contributed by atoms with Crippen molar-refractivity contribution in [1.82, 2.24) is 19.7 Å². The Kier molecular flexibility index (Phi) is 3.49. The first-order chi connectivity index (χ1) is 11.7. The Bertz CT molecular complexity index is 845. The maximum absolute atomic E-state index is 12.7. The van der Waals surface area contributed by atoms with E-state index in [2.05, 4.69) is 34.7 Å². The number of hydrogen-bond donors (Lipinski definition) is 1. The third-order valence-electron chi connectivity index (χ3n) is 4.83. The van der Waals surface area contributed by atoms with Crippen LogP contribution in [0, 0.1) is 0 Å². The summed E-state index contributed by atoms with van der Waals surface area (Å²) in [5.41, 5.74) is 2.01. The Hall–Kier alpha value is -2.82. The molecule has 1 amide bonds. The van der Waals surface area contributed by atoms with Crippen LogP contribution in [0.1, 0.15) is 28.8 Å². The third kappa shape index (κ3) is 2.52. The van der Waals surface area contributed by atoms with Gasteiger partial charge in [-0.1, -0.05) is 30.3 Å². The molecule has 0 aliphatic heterocycles. The smallest absolute Gasteiger partial charge is 0.256 e. The van der Waals surface area contributed by atoms with Gasteiger partial charge >= 0.3 is 0 Å². The minimum absolute atomic E-state index is 0.0750. The van der Waals surface area contributed by atoms with Crippen LogP contribution in [-0.4, -0.2) is 26.8 Å². The van der Waals surface area contributed by atoms with Gasteiger partial charge in [-0.15, -0.1) is 0 Å². The summed E-state index contributed by atoms with van der Waals surface area (Å²) < 4.78 is 3.63. The van der Waals surface area contributed by atoms with Crippen LogP contribution in [-0.2, 0) is 12.5 Å². The molecule has 2 heterocycles. The fraction of sp³-hybridized carbons (Fsp3) is 0.263. The van der Waals surface area contributed by atoms with Crippen LogP contribution in [0.15, 0.2) is 61.1 Å². The van der Waals surface area contributed by atoms with Crippen LogP contribution in [0.4, 0.5) is 0 Å². The highest BCUT2D eigenvalue weighted by atomic mass is 16.1. The monoisotopic (exact) mass is 320 g/mol. The van der Waals surface area contributed by atoms with E-state index in [-0.39, 0.29) is 11.3 Å². The van der Waals surface area contributed by atoms with Gasteiger partial charge in [-0.2, -0.15) is 5.10 Å². The molecule has 2 aromatic heterocycles. The van der Waals surface area contributed by atoms with Crippen LogP contribution in [0.3, 0.4) is 0 Å². The van der Waals surface area contributed by atoms with Crippen molar-refractivity contribution < 1.29 is 4.79 Å². The van der Waals surface area contributed by atoms with E-state index in [1.165, 1.54) is 5.56 Å². The Morgan fingerprint density at radius 1 is 1.17 bits per heavy atom. The molecule has 5 heteroatoms. The standard InChI is InChI=1S/C19H20N4O/c1-22-18(23-11-5-6-12-23)16(13-21-22)17(24)20-14-19(9-10-19)15-7-3-2-4-8-15/h2-8,11-13H,9-10,14H2,1H3,(H,20,24). The average Bonchev–Trinajstić information content (AvgIpc) is 3.02. The fourth-order valence-electron chi connectivity index (χ4n) is 3.23. The number of carbonyl (C=O) groups excluding carboxylic acids is 1. The number of nitrogens with one attached hydrogen (secondary N) is 1. The molecule has 0 atom stereocenters. The molecule has 1 aromatic carbocycles. The number of hydrogen-bond acceptors (Lipinski definition) is 2. The van der Waals surface area contributed by atoms with E-state index in [1.54, 1.807) is 10.9 Å². The highest BCUT2D eigenvalue weighted by Crippen LogP contribution is 2.47. The highest BCUT2D eigenvalue weighted by molar-refractivity contribution is 5.97. The second kappa shape index (κ2) is 5.67. The molecular formula is C19H20N4O. The zero-order valence-electron chi connectivity index (χ0n) is 13.6. The summed E-state index contributed by atoms with van der Waals surface area (Å²) in [7, 11) is 1.85. The second-order valence-corrected chi connectivity index (χ2v) is 6.42. The Morgan fingerprint density at radius 2 is 1.88 bits per heavy atom. The van der Waals surface area contributed by atoms with Gasteiger partial charge in [-0.05, 0) is 30.5 Å². The van der Waals surface area contributed by atoms with Crippen LogP contribution >= 0.6 is 0 Å². The highest BCUT2D eigenvalue weighted by Gasteiger charge is 2.44. The number of aryl methyl sites for hydroxylation is 1. The minimum atomic E-state index is -0.0750. The van der Waals surface area contributed by atoms with Gasteiger partial charge in [0.15, 0.2) is 0 Å². The minimum Gasteiger partial charge on any atom is -0.351 e. The molecule has 1 aliphatic carbocycles. The van der Waals surface area contributed by atoms with Gasteiger partial charge in [0.05, 0.1) is 6.20 Å². The number of benzene rings is 1. The fourth-order valence-corrected chi connectivity index (χ4v) is 3.23. The molecule has 0 bridgehead atoms. The van der Waals surface area contributed by atoms with Crippen LogP contribution in [0.25, 0.3) is 5.82 Å². The van der Waals surface area contributed by atoms with Gasteiger partial charge in [0.1, 0.15) is 11.4 Å². The summed E-state index contributed by atoms with van der Waals surface area (Å²) in [5.74, 6) is 0.705. The quantitative estimate of drug-likeness (QED) is 0.786. The molecular weight excluding hydrogens is 300 g/mol. The normalized spacial score (nSPS) is 15.2. The first-order valence-corrected chi connectivity index (χ1v) is 8.19. The number of rotatable bonds is 5. The summed E-state index contributed by atoms with van der Waals surface area (Å²) in [6.07, 6.45) is 7.70. The van der Waals surface area contributed by atoms with Gasteiger partial charge in [-0.3, -0.25) is 9.48 Å². The lowest BCUT2D eigenvalue weighted by molar-refractivity contribution is 0.0949. The molecule has 122 valence electrons. The summed E-state index contributed by atoms with van der Waals surface area (Å²) >= 11 is 0. The molecule has 3 aromatic rings. The molecule has 24 heavy (non-hydrogen) atoms. The lowest BCUT2D eigenvalue weighted by atomic mass is 9.96. The van der Waals surface area contributed by atoms with Crippen molar-refractivity contribution in [3.63, 3.8) is 0 Å². The zero-order valence-corrected chi connectivity index (χ0v) is 13.6. The second-order valence-electron chi connectivity index (χ2n) is 6.42. The molecule has 1 fully saturated rings. The van der Waals surface area contributed by atoms with Crippen LogP contribution in [0.5, 0.6) is 0 Å². The Labute approximate surface area is 140 Å². The van der Waals surface area contributed by atoms with Crippen molar-refractivity contribution in [2.24, 2.45) is 7.05 Å². The van der Waals surface area contributed by atoms with Gasteiger partial charge in [0.25, 0.3) is 5.91 Å². The molecule has 0 unspecified atom stereocenters. The lowest BCUT2D eigenvalue weighted by Crippen LogP contribution is -2.32. The number of carbonyl (C=O) groups is 1. The largest absolute Gasteiger partial charge is 0.351 e. The third-order valence-corrected chi connectivity index (χ3v) is 4.83. The van der Waals surface area contributed by atoms with Crippen molar-refractivity contribution in [2.75, 3.05) is 6.54 Å².